The molecule has 100 valence electrons. The van der Waals surface area contributed by atoms with Gasteiger partial charge in [0.15, 0.2) is 5.79 Å². The van der Waals surface area contributed by atoms with Crippen LogP contribution in [0.3, 0.4) is 0 Å². The molecule has 3 rings (SSSR count). The molecule has 0 unspecified atom stereocenters. The molecular formula is C13H16N4O2. The Balaban J connectivity index is 1.93. The van der Waals surface area contributed by atoms with Crippen LogP contribution in [-0.4, -0.2) is 23.0 Å². The quantitative estimate of drug-likeness (QED) is 0.466. The number of nitrogens with zero attached hydrogens (tertiary/aromatic N) is 4. The molecule has 1 saturated heterocycles. The van der Waals surface area contributed by atoms with Gasteiger partial charge in [-0.3, -0.25) is 4.98 Å². The number of hydrogen-bond acceptors (Lipinski definition) is 4. The summed E-state index contributed by atoms with van der Waals surface area (Å²) in [6, 6.07) is 5.64. The van der Waals surface area contributed by atoms with Crippen molar-refractivity contribution in [2.24, 2.45) is 5.11 Å². The molecule has 2 heterocycles. The van der Waals surface area contributed by atoms with E-state index in [2.05, 4.69) is 15.0 Å². The SMILES string of the molecule is CC1(C)O[C@H]2C[C@@](N=[N+]=[N-])(c3ccccn3)C[C@H]2O1. The van der Waals surface area contributed by atoms with Gasteiger partial charge in [-0.25, -0.2) is 0 Å². The Kier molecular flexibility index (Phi) is 2.74. The smallest absolute Gasteiger partial charge is 0.163 e. The Morgan fingerprint density at radius 3 is 2.53 bits per heavy atom. The molecule has 0 N–H and O–H groups in total. The Morgan fingerprint density at radius 1 is 1.32 bits per heavy atom. The minimum absolute atomic E-state index is 0.0393. The largest absolute Gasteiger partial charge is 0.345 e. The highest BCUT2D eigenvalue weighted by Gasteiger charge is 2.54. The van der Waals surface area contributed by atoms with Gasteiger partial charge in [0.2, 0.25) is 0 Å². The van der Waals surface area contributed by atoms with Crippen LogP contribution in [0, 0.1) is 0 Å². The van der Waals surface area contributed by atoms with Crippen LogP contribution in [0.1, 0.15) is 32.4 Å². The first-order chi connectivity index (χ1) is 9.05. The molecule has 0 radical (unpaired) electrons. The fourth-order valence-corrected chi connectivity index (χ4v) is 3.07. The molecule has 3 atom stereocenters. The van der Waals surface area contributed by atoms with Gasteiger partial charge in [0.1, 0.15) is 0 Å². The van der Waals surface area contributed by atoms with Crippen molar-refractivity contribution in [1.29, 1.82) is 0 Å². The van der Waals surface area contributed by atoms with Crippen LogP contribution in [-0.2, 0) is 15.0 Å². The molecule has 1 aliphatic heterocycles. The summed E-state index contributed by atoms with van der Waals surface area (Å²) in [5.41, 5.74) is 9.00. The van der Waals surface area contributed by atoms with Crippen LogP contribution < -0.4 is 0 Å². The highest BCUT2D eigenvalue weighted by molar-refractivity contribution is 5.21. The van der Waals surface area contributed by atoms with E-state index in [-0.39, 0.29) is 12.2 Å². The van der Waals surface area contributed by atoms with Crippen molar-refractivity contribution in [1.82, 2.24) is 4.98 Å². The number of aromatic nitrogens is 1. The monoisotopic (exact) mass is 260 g/mol. The Bertz CT molecular complexity index is 509. The summed E-state index contributed by atoms with van der Waals surface area (Å²) in [6.45, 7) is 3.81. The zero-order valence-electron chi connectivity index (χ0n) is 11.0. The van der Waals surface area contributed by atoms with Gasteiger partial charge >= 0.3 is 0 Å². The lowest BCUT2D eigenvalue weighted by molar-refractivity contribution is -0.155. The Hall–Kier alpha value is -1.62. The van der Waals surface area contributed by atoms with Crippen molar-refractivity contribution in [3.63, 3.8) is 0 Å². The van der Waals surface area contributed by atoms with Crippen molar-refractivity contribution < 1.29 is 9.47 Å². The first-order valence-electron chi connectivity index (χ1n) is 6.38. The molecule has 6 heteroatoms. The zero-order chi connectivity index (χ0) is 13.5. The number of ether oxygens (including phenoxy) is 2. The third-order valence-electron chi connectivity index (χ3n) is 3.74. The fraction of sp³-hybridized carbons (Fsp3) is 0.615. The minimum Gasteiger partial charge on any atom is -0.345 e. The van der Waals surface area contributed by atoms with Crippen LogP contribution >= 0.6 is 0 Å². The van der Waals surface area contributed by atoms with Crippen LogP contribution in [0.5, 0.6) is 0 Å². The third-order valence-corrected chi connectivity index (χ3v) is 3.74. The number of hydrogen-bond donors (Lipinski definition) is 0. The molecular weight excluding hydrogens is 244 g/mol. The minimum atomic E-state index is -0.651. The Morgan fingerprint density at radius 2 is 2.00 bits per heavy atom. The molecule has 1 aliphatic carbocycles. The van der Waals surface area contributed by atoms with E-state index in [0.29, 0.717) is 12.8 Å². The summed E-state index contributed by atoms with van der Waals surface area (Å²) in [4.78, 5) is 7.34. The first-order valence-corrected chi connectivity index (χ1v) is 6.38. The Labute approximate surface area is 111 Å². The van der Waals surface area contributed by atoms with Gasteiger partial charge in [-0.15, -0.1) is 0 Å². The second kappa shape index (κ2) is 4.20. The van der Waals surface area contributed by atoms with Crippen LogP contribution in [0.4, 0.5) is 0 Å². The molecule has 2 fully saturated rings. The summed E-state index contributed by atoms with van der Waals surface area (Å²) in [7, 11) is 0. The van der Waals surface area contributed by atoms with E-state index in [1.807, 2.05) is 32.0 Å². The standard InChI is InChI=1S/C13H16N4O2/c1-12(2)18-9-7-13(16-17-14,8-10(9)19-12)11-5-3-4-6-15-11/h3-6,9-10H,7-8H2,1-2H3/t9-,10+,13-. The number of rotatable bonds is 2. The molecule has 0 spiro atoms. The molecule has 6 nitrogen and oxygen atoms in total. The van der Waals surface area contributed by atoms with Crippen LogP contribution in [0.15, 0.2) is 29.5 Å². The highest BCUT2D eigenvalue weighted by atomic mass is 16.8. The van der Waals surface area contributed by atoms with Crippen molar-refractivity contribution >= 4 is 0 Å². The van der Waals surface area contributed by atoms with Gasteiger partial charge in [0.05, 0.1) is 23.4 Å². The van der Waals surface area contributed by atoms with E-state index < -0.39 is 11.3 Å². The van der Waals surface area contributed by atoms with Crippen molar-refractivity contribution in [3.8, 4) is 0 Å². The summed E-state index contributed by atoms with van der Waals surface area (Å²) in [5.74, 6) is -0.554. The number of pyridine rings is 1. The molecule has 0 aromatic carbocycles. The van der Waals surface area contributed by atoms with Gasteiger partial charge < -0.3 is 9.47 Å². The molecule has 1 saturated carbocycles. The molecule has 19 heavy (non-hydrogen) atoms. The summed E-state index contributed by atoms with van der Waals surface area (Å²) in [6.07, 6.45) is 2.86. The second-order valence-corrected chi connectivity index (χ2v) is 5.56. The van der Waals surface area contributed by atoms with Gasteiger partial charge in [0.25, 0.3) is 0 Å². The number of fused-ring (bicyclic) bond motifs is 1. The third kappa shape index (κ3) is 2.08. The van der Waals surface area contributed by atoms with E-state index in [4.69, 9.17) is 15.0 Å². The number of azide groups is 1. The summed E-state index contributed by atoms with van der Waals surface area (Å²) >= 11 is 0. The first kappa shape index (κ1) is 12.4. The van der Waals surface area contributed by atoms with Gasteiger partial charge in [-0.2, -0.15) is 0 Å². The second-order valence-electron chi connectivity index (χ2n) is 5.56. The van der Waals surface area contributed by atoms with Gasteiger partial charge in [0, 0.05) is 11.1 Å². The molecule has 1 aromatic rings. The van der Waals surface area contributed by atoms with Crippen LogP contribution in [0.2, 0.25) is 0 Å². The predicted molar refractivity (Wildman–Crippen MR) is 68.1 cm³/mol. The maximum absolute atomic E-state index is 8.87. The van der Waals surface area contributed by atoms with Crippen molar-refractivity contribution in [2.75, 3.05) is 0 Å². The molecule has 0 amide bonds. The average Bonchev–Trinajstić information content (AvgIpc) is 2.81. The highest BCUT2D eigenvalue weighted by Crippen LogP contribution is 2.49. The normalized spacial score (nSPS) is 35.7. The van der Waals surface area contributed by atoms with E-state index in [1.54, 1.807) is 6.20 Å². The van der Waals surface area contributed by atoms with Crippen molar-refractivity contribution in [3.05, 3.63) is 40.5 Å². The predicted octanol–water partition coefficient (Wildman–Crippen LogP) is 2.90. The lowest BCUT2D eigenvalue weighted by Crippen LogP contribution is -2.28. The summed E-state index contributed by atoms with van der Waals surface area (Å²) < 4.78 is 11.7. The summed E-state index contributed by atoms with van der Waals surface area (Å²) in [5, 5.41) is 4.01. The topological polar surface area (TPSA) is 80.1 Å². The van der Waals surface area contributed by atoms with Gasteiger partial charge in [-0.05, 0) is 44.4 Å². The zero-order valence-corrected chi connectivity index (χ0v) is 11.0. The lowest BCUT2D eigenvalue weighted by Gasteiger charge is -2.26. The van der Waals surface area contributed by atoms with E-state index in [9.17, 15) is 0 Å². The average molecular weight is 260 g/mol. The fourth-order valence-electron chi connectivity index (χ4n) is 3.07. The maximum Gasteiger partial charge on any atom is 0.163 e. The maximum atomic E-state index is 8.87. The van der Waals surface area contributed by atoms with Crippen LogP contribution in [0.25, 0.3) is 10.4 Å². The lowest BCUT2D eigenvalue weighted by atomic mass is 9.93. The molecule has 2 aliphatic rings. The van der Waals surface area contributed by atoms with E-state index in [1.165, 1.54) is 0 Å². The molecule has 0 bridgehead atoms. The molecule has 1 aromatic heterocycles. The van der Waals surface area contributed by atoms with Gasteiger partial charge in [-0.1, -0.05) is 11.2 Å². The van der Waals surface area contributed by atoms with Crippen molar-refractivity contribution in [2.45, 2.75) is 50.2 Å². The van der Waals surface area contributed by atoms with E-state index >= 15 is 0 Å². The van der Waals surface area contributed by atoms with E-state index in [0.717, 1.165) is 5.69 Å².